The third-order valence-electron chi connectivity index (χ3n) is 2.18. The van der Waals surface area contributed by atoms with Gasteiger partial charge in [0.2, 0.25) is 11.8 Å². The molecule has 0 aliphatic carbocycles. The van der Waals surface area contributed by atoms with Gasteiger partial charge in [0.15, 0.2) is 0 Å². The topological polar surface area (TPSA) is 101 Å². The third kappa shape index (κ3) is 4.65. The average molecular weight is 249 g/mol. The van der Waals surface area contributed by atoms with E-state index in [1.54, 1.807) is 12.1 Å². The van der Waals surface area contributed by atoms with Gasteiger partial charge in [-0.05, 0) is 19.1 Å². The summed E-state index contributed by atoms with van der Waals surface area (Å²) in [6.07, 6.45) is 0. The molecule has 0 radical (unpaired) electrons. The molecule has 0 saturated heterocycles. The second kappa shape index (κ2) is 6.39. The smallest absolute Gasteiger partial charge is 0.251 e. The van der Waals surface area contributed by atoms with Gasteiger partial charge in [0.1, 0.15) is 0 Å². The summed E-state index contributed by atoms with van der Waals surface area (Å²) < 4.78 is 0. The quantitative estimate of drug-likeness (QED) is 0.644. The first-order chi connectivity index (χ1) is 8.49. The monoisotopic (exact) mass is 249 g/mol. The van der Waals surface area contributed by atoms with Gasteiger partial charge in [0.25, 0.3) is 5.91 Å². The lowest BCUT2D eigenvalue weighted by molar-refractivity contribution is -0.124. The number of amides is 3. The first-order valence-corrected chi connectivity index (χ1v) is 5.39. The van der Waals surface area contributed by atoms with Crippen molar-refractivity contribution in [3.05, 3.63) is 35.4 Å². The van der Waals surface area contributed by atoms with Crippen LogP contribution < -0.4 is 16.4 Å². The SMILES string of the molecule is Cc1ccc(C(=O)NCC(=O)NCC(N)=O)cc1. The highest BCUT2D eigenvalue weighted by molar-refractivity contribution is 5.96. The van der Waals surface area contributed by atoms with E-state index in [2.05, 4.69) is 10.6 Å². The Morgan fingerprint density at radius 3 is 2.22 bits per heavy atom. The molecule has 0 unspecified atom stereocenters. The van der Waals surface area contributed by atoms with E-state index in [9.17, 15) is 14.4 Å². The standard InChI is InChI=1S/C12H15N3O3/c1-8-2-4-9(5-3-8)12(18)15-7-11(17)14-6-10(13)16/h2-5H,6-7H2,1H3,(H2,13,16)(H,14,17)(H,15,18). The van der Waals surface area contributed by atoms with Gasteiger partial charge in [0.05, 0.1) is 13.1 Å². The number of hydrogen-bond acceptors (Lipinski definition) is 3. The van der Waals surface area contributed by atoms with Crippen LogP contribution in [0.5, 0.6) is 0 Å². The van der Waals surface area contributed by atoms with Gasteiger partial charge in [-0.1, -0.05) is 17.7 Å². The van der Waals surface area contributed by atoms with E-state index in [4.69, 9.17) is 5.73 Å². The molecular formula is C12H15N3O3. The lowest BCUT2D eigenvalue weighted by Gasteiger charge is -2.05. The van der Waals surface area contributed by atoms with Crippen molar-refractivity contribution >= 4 is 17.7 Å². The Morgan fingerprint density at radius 1 is 1.06 bits per heavy atom. The third-order valence-corrected chi connectivity index (χ3v) is 2.18. The Balaban J connectivity index is 2.39. The largest absolute Gasteiger partial charge is 0.368 e. The number of carbonyl (C=O) groups is 3. The number of rotatable bonds is 5. The minimum atomic E-state index is -0.631. The Labute approximate surface area is 105 Å². The molecule has 0 bridgehead atoms. The van der Waals surface area contributed by atoms with Crippen molar-refractivity contribution in [3.8, 4) is 0 Å². The van der Waals surface area contributed by atoms with Crippen LogP contribution in [0.4, 0.5) is 0 Å². The molecule has 18 heavy (non-hydrogen) atoms. The Hall–Kier alpha value is -2.37. The fraction of sp³-hybridized carbons (Fsp3) is 0.250. The van der Waals surface area contributed by atoms with E-state index in [0.717, 1.165) is 5.56 Å². The number of carbonyl (C=O) groups excluding carboxylic acids is 3. The Bertz CT molecular complexity index is 454. The molecule has 6 nitrogen and oxygen atoms in total. The van der Waals surface area contributed by atoms with Crippen molar-refractivity contribution in [1.82, 2.24) is 10.6 Å². The van der Waals surface area contributed by atoms with Crippen LogP contribution in [0, 0.1) is 6.92 Å². The van der Waals surface area contributed by atoms with Crippen molar-refractivity contribution in [2.75, 3.05) is 13.1 Å². The molecule has 4 N–H and O–H groups in total. The highest BCUT2D eigenvalue weighted by Gasteiger charge is 2.07. The zero-order chi connectivity index (χ0) is 13.5. The maximum atomic E-state index is 11.6. The molecule has 0 aliphatic rings. The van der Waals surface area contributed by atoms with E-state index >= 15 is 0 Å². The first kappa shape index (κ1) is 13.7. The van der Waals surface area contributed by atoms with E-state index in [1.807, 2.05) is 19.1 Å². The zero-order valence-electron chi connectivity index (χ0n) is 10.0. The second-order valence-electron chi connectivity index (χ2n) is 3.79. The van der Waals surface area contributed by atoms with Crippen molar-refractivity contribution in [3.63, 3.8) is 0 Å². The van der Waals surface area contributed by atoms with Crippen LogP contribution in [0.3, 0.4) is 0 Å². The van der Waals surface area contributed by atoms with Crippen LogP contribution in [0.25, 0.3) is 0 Å². The number of benzene rings is 1. The van der Waals surface area contributed by atoms with Gasteiger partial charge >= 0.3 is 0 Å². The molecule has 96 valence electrons. The summed E-state index contributed by atoms with van der Waals surface area (Å²) in [6, 6.07) is 6.96. The normalized spacial score (nSPS) is 9.61. The van der Waals surface area contributed by atoms with Gasteiger partial charge in [-0.3, -0.25) is 14.4 Å². The molecule has 3 amide bonds. The predicted molar refractivity (Wildman–Crippen MR) is 65.7 cm³/mol. The zero-order valence-corrected chi connectivity index (χ0v) is 10.0. The van der Waals surface area contributed by atoms with E-state index in [0.29, 0.717) is 5.56 Å². The number of primary amides is 1. The number of aryl methyl sites for hydroxylation is 1. The molecule has 0 heterocycles. The van der Waals surface area contributed by atoms with Crippen LogP contribution >= 0.6 is 0 Å². The highest BCUT2D eigenvalue weighted by Crippen LogP contribution is 2.02. The predicted octanol–water partition coefficient (Wildman–Crippen LogP) is -0.674. The molecule has 1 aromatic carbocycles. The summed E-state index contributed by atoms with van der Waals surface area (Å²) in [4.78, 5) is 33.2. The molecule has 0 atom stereocenters. The summed E-state index contributed by atoms with van der Waals surface area (Å²) in [7, 11) is 0. The van der Waals surface area contributed by atoms with Crippen LogP contribution in [0.2, 0.25) is 0 Å². The molecule has 0 saturated carbocycles. The number of nitrogens with one attached hydrogen (secondary N) is 2. The summed E-state index contributed by atoms with van der Waals surface area (Å²) in [5.41, 5.74) is 6.38. The van der Waals surface area contributed by atoms with Crippen molar-refractivity contribution in [1.29, 1.82) is 0 Å². The summed E-state index contributed by atoms with van der Waals surface area (Å²) in [5.74, 6) is -1.44. The van der Waals surface area contributed by atoms with Gasteiger partial charge in [-0.15, -0.1) is 0 Å². The fourth-order valence-corrected chi connectivity index (χ4v) is 1.22. The molecule has 0 spiro atoms. The Kier molecular flexibility index (Phi) is 4.86. The number of hydrogen-bond donors (Lipinski definition) is 3. The van der Waals surface area contributed by atoms with E-state index in [-0.39, 0.29) is 19.0 Å². The van der Waals surface area contributed by atoms with Crippen LogP contribution in [-0.4, -0.2) is 30.8 Å². The maximum absolute atomic E-state index is 11.6. The van der Waals surface area contributed by atoms with Crippen LogP contribution in [0.1, 0.15) is 15.9 Å². The van der Waals surface area contributed by atoms with Crippen molar-refractivity contribution in [2.45, 2.75) is 6.92 Å². The molecule has 0 fully saturated rings. The van der Waals surface area contributed by atoms with Crippen molar-refractivity contribution < 1.29 is 14.4 Å². The molecule has 0 aliphatic heterocycles. The maximum Gasteiger partial charge on any atom is 0.251 e. The first-order valence-electron chi connectivity index (χ1n) is 5.39. The minimum Gasteiger partial charge on any atom is -0.368 e. The van der Waals surface area contributed by atoms with Gasteiger partial charge in [0, 0.05) is 5.56 Å². The van der Waals surface area contributed by atoms with Crippen LogP contribution in [-0.2, 0) is 9.59 Å². The van der Waals surface area contributed by atoms with Gasteiger partial charge in [-0.25, -0.2) is 0 Å². The number of nitrogens with two attached hydrogens (primary N) is 1. The average Bonchev–Trinajstić information content (AvgIpc) is 2.34. The Morgan fingerprint density at radius 2 is 1.67 bits per heavy atom. The highest BCUT2D eigenvalue weighted by atomic mass is 16.2. The fourth-order valence-electron chi connectivity index (χ4n) is 1.22. The van der Waals surface area contributed by atoms with E-state index in [1.165, 1.54) is 0 Å². The molecular weight excluding hydrogens is 234 g/mol. The summed E-state index contributed by atoms with van der Waals surface area (Å²) in [5, 5.41) is 4.71. The molecule has 0 aromatic heterocycles. The minimum absolute atomic E-state index is 0.194. The lowest BCUT2D eigenvalue weighted by atomic mass is 10.1. The van der Waals surface area contributed by atoms with Crippen LogP contribution in [0.15, 0.2) is 24.3 Å². The molecule has 1 aromatic rings. The lowest BCUT2D eigenvalue weighted by Crippen LogP contribution is -2.40. The van der Waals surface area contributed by atoms with Crippen molar-refractivity contribution in [2.24, 2.45) is 5.73 Å². The second-order valence-corrected chi connectivity index (χ2v) is 3.79. The van der Waals surface area contributed by atoms with E-state index < -0.39 is 11.8 Å². The molecule has 1 rings (SSSR count). The van der Waals surface area contributed by atoms with Gasteiger partial charge in [-0.2, -0.15) is 0 Å². The van der Waals surface area contributed by atoms with Gasteiger partial charge < -0.3 is 16.4 Å². The molecule has 6 heteroatoms. The summed E-state index contributed by atoms with van der Waals surface area (Å²) in [6.45, 7) is 1.48. The summed E-state index contributed by atoms with van der Waals surface area (Å²) >= 11 is 0.